The van der Waals surface area contributed by atoms with Gasteiger partial charge in [-0.3, -0.25) is 0 Å². The van der Waals surface area contributed by atoms with Crippen molar-refractivity contribution in [3.63, 3.8) is 0 Å². The molecule has 5 heteroatoms. The van der Waals surface area contributed by atoms with E-state index in [1.807, 2.05) is 18.7 Å². The summed E-state index contributed by atoms with van der Waals surface area (Å²) in [5, 5.41) is 4.12. The average molecular weight is 279 g/mol. The molecular weight excluding hydrogens is 254 g/mol. The highest BCUT2D eigenvalue weighted by Gasteiger charge is 2.26. The van der Waals surface area contributed by atoms with Crippen LogP contribution in [0.1, 0.15) is 39.5 Å². The van der Waals surface area contributed by atoms with Crippen molar-refractivity contribution in [2.75, 3.05) is 23.8 Å². The zero-order valence-electron chi connectivity index (χ0n) is 10.9. The molecule has 3 nitrogen and oxygen atoms in total. The van der Waals surface area contributed by atoms with Crippen molar-refractivity contribution in [3.8, 4) is 0 Å². The minimum atomic E-state index is -2.82. The highest BCUT2D eigenvalue weighted by molar-refractivity contribution is 7.99. The lowest BCUT2D eigenvalue weighted by Crippen LogP contribution is -2.37. The molecule has 0 spiro atoms. The Morgan fingerprint density at radius 2 is 2.00 bits per heavy atom. The lowest BCUT2D eigenvalue weighted by Gasteiger charge is -2.20. The summed E-state index contributed by atoms with van der Waals surface area (Å²) in [5.74, 6) is 1.77. The number of thioether (sulfide) groups is 1. The molecule has 0 bridgehead atoms. The minimum Gasteiger partial charge on any atom is -0.312 e. The van der Waals surface area contributed by atoms with Gasteiger partial charge < -0.3 is 5.32 Å². The summed E-state index contributed by atoms with van der Waals surface area (Å²) >= 11 is 2.00. The van der Waals surface area contributed by atoms with Crippen LogP contribution in [0.15, 0.2) is 0 Å². The smallest absolute Gasteiger partial charge is 0.151 e. The molecule has 0 amide bonds. The monoisotopic (exact) mass is 279 g/mol. The number of rotatable bonds is 8. The molecule has 0 aliphatic heterocycles. The molecule has 0 saturated heterocycles. The van der Waals surface area contributed by atoms with Crippen molar-refractivity contribution in [1.82, 2.24) is 5.32 Å². The molecule has 102 valence electrons. The molecule has 1 saturated carbocycles. The molecule has 1 rings (SSSR count). The van der Waals surface area contributed by atoms with E-state index >= 15 is 0 Å². The van der Waals surface area contributed by atoms with E-state index in [9.17, 15) is 8.42 Å². The van der Waals surface area contributed by atoms with Crippen molar-refractivity contribution in [2.24, 2.45) is 0 Å². The molecule has 0 aromatic heterocycles. The summed E-state index contributed by atoms with van der Waals surface area (Å²) in [6.07, 6.45) is 4.47. The first kappa shape index (κ1) is 15.3. The maximum absolute atomic E-state index is 11.6. The van der Waals surface area contributed by atoms with Crippen molar-refractivity contribution < 1.29 is 8.42 Å². The van der Waals surface area contributed by atoms with Crippen molar-refractivity contribution in [1.29, 1.82) is 0 Å². The van der Waals surface area contributed by atoms with E-state index in [4.69, 9.17) is 0 Å². The highest BCUT2D eigenvalue weighted by Crippen LogP contribution is 2.29. The van der Waals surface area contributed by atoms with E-state index in [-0.39, 0.29) is 0 Å². The maximum Gasteiger partial charge on any atom is 0.151 e. The first-order valence-electron chi connectivity index (χ1n) is 6.64. The quantitative estimate of drug-likeness (QED) is 0.739. The number of nitrogens with one attached hydrogen (secondary N) is 1. The fourth-order valence-electron chi connectivity index (χ4n) is 2.39. The molecule has 2 atom stereocenters. The van der Waals surface area contributed by atoms with E-state index in [1.54, 1.807) is 0 Å². The third-order valence-corrected chi connectivity index (χ3v) is 6.35. The van der Waals surface area contributed by atoms with Gasteiger partial charge in [0.25, 0.3) is 0 Å². The molecule has 17 heavy (non-hydrogen) atoms. The maximum atomic E-state index is 11.6. The first-order chi connectivity index (χ1) is 8.09. The largest absolute Gasteiger partial charge is 0.312 e. The fourth-order valence-corrected chi connectivity index (χ4v) is 4.87. The summed E-state index contributed by atoms with van der Waals surface area (Å²) < 4.78 is 23.1. The molecule has 0 aromatic rings. The Balaban J connectivity index is 2.26. The molecule has 2 unspecified atom stereocenters. The van der Waals surface area contributed by atoms with Gasteiger partial charge in [-0.2, -0.15) is 11.8 Å². The second-order valence-corrected chi connectivity index (χ2v) is 8.46. The number of sulfone groups is 1. The summed E-state index contributed by atoms with van der Waals surface area (Å²) in [6.45, 7) is 4.72. The van der Waals surface area contributed by atoms with Crippen LogP contribution in [0.5, 0.6) is 0 Å². The van der Waals surface area contributed by atoms with Crippen LogP contribution in [-0.2, 0) is 9.84 Å². The zero-order valence-corrected chi connectivity index (χ0v) is 12.6. The van der Waals surface area contributed by atoms with Crippen molar-refractivity contribution >= 4 is 21.6 Å². The summed E-state index contributed by atoms with van der Waals surface area (Å²) in [7, 11) is -2.82. The van der Waals surface area contributed by atoms with E-state index in [0.29, 0.717) is 29.3 Å². The van der Waals surface area contributed by atoms with Crippen LogP contribution in [0.2, 0.25) is 0 Å². The molecule has 0 radical (unpaired) electrons. The minimum absolute atomic E-state index is 0.293. The molecule has 1 aliphatic rings. The van der Waals surface area contributed by atoms with Gasteiger partial charge in [-0.25, -0.2) is 8.42 Å². The van der Waals surface area contributed by atoms with E-state index in [0.717, 1.165) is 12.2 Å². The number of hydrogen-bond donors (Lipinski definition) is 1. The van der Waals surface area contributed by atoms with Gasteiger partial charge in [0, 0.05) is 23.6 Å². The Hall–Kier alpha value is 0.260. The lowest BCUT2D eigenvalue weighted by atomic mass is 10.2. The van der Waals surface area contributed by atoms with Crippen LogP contribution in [0.3, 0.4) is 0 Å². The van der Waals surface area contributed by atoms with Crippen LogP contribution < -0.4 is 5.32 Å². The second kappa shape index (κ2) is 7.64. The lowest BCUT2D eigenvalue weighted by molar-refractivity contribution is 0.542. The van der Waals surface area contributed by atoms with Gasteiger partial charge in [0.15, 0.2) is 9.84 Å². The molecule has 1 fully saturated rings. The Morgan fingerprint density at radius 1 is 1.24 bits per heavy atom. The second-order valence-electron chi connectivity index (χ2n) is 4.64. The van der Waals surface area contributed by atoms with E-state index < -0.39 is 9.84 Å². The summed E-state index contributed by atoms with van der Waals surface area (Å²) in [4.78, 5) is 0. The fraction of sp³-hybridized carbons (Fsp3) is 1.00. The Labute approximate surface area is 110 Å². The molecular formula is C12H25NO2S2. The topological polar surface area (TPSA) is 46.2 Å². The summed E-state index contributed by atoms with van der Waals surface area (Å²) in [5.41, 5.74) is 0. The normalized spacial score (nSPS) is 25.3. The average Bonchev–Trinajstić information content (AvgIpc) is 2.66. The van der Waals surface area contributed by atoms with Gasteiger partial charge >= 0.3 is 0 Å². The van der Waals surface area contributed by atoms with Gasteiger partial charge in [0.1, 0.15) is 0 Å². The van der Waals surface area contributed by atoms with Crippen LogP contribution in [-0.4, -0.2) is 43.5 Å². The highest BCUT2D eigenvalue weighted by atomic mass is 32.2. The standard InChI is InChI=1S/C12H25NO2S2/c1-3-9-17(14,15)10-8-13-11-6-5-7-12(11)16-4-2/h11-13H,3-10H2,1-2H3. The van der Waals surface area contributed by atoms with Crippen molar-refractivity contribution in [2.45, 2.75) is 50.8 Å². The van der Waals surface area contributed by atoms with Gasteiger partial charge in [-0.15, -0.1) is 0 Å². The molecule has 0 aromatic carbocycles. The predicted molar refractivity (Wildman–Crippen MR) is 76.5 cm³/mol. The van der Waals surface area contributed by atoms with E-state index in [2.05, 4.69) is 12.2 Å². The van der Waals surface area contributed by atoms with Crippen LogP contribution in [0, 0.1) is 0 Å². The van der Waals surface area contributed by atoms with Crippen LogP contribution in [0.4, 0.5) is 0 Å². The summed E-state index contributed by atoms with van der Waals surface area (Å²) in [6, 6.07) is 0.525. The third kappa shape index (κ3) is 5.62. The number of hydrogen-bond acceptors (Lipinski definition) is 4. The molecule has 0 heterocycles. The SMILES string of the molecule is CCCS(=O)(=O)CCNC1CCCC1SCC. The van der Waals surface area contributed by atoms with Crippen LogP contribution >= 0.6 is 11.8 Å². The van der Waals surface area contributed by atoms with Gasteiger partial charge in [0.2, 0.25) is 0 Å². The first-order valence-corrected chi connectivity index (χ1v) is 9.51. The van der Waals surface area contributed by atoms with Gasteiger partial charge in [0.05, 0.1) is 5.75 Å². The van der Waals surface area contributed by atoms with Gasteiger partial charge in [-0.05, 0) is 25.0 Å². The van der Waals surface area contributed by atoms with Crippen LogP contribution in [0.25, 0.3) is 0 Å². The Morgan fingerprint density at radius 3 is 2.65 bits per heavy atom. The predicted octanol–water partition coefficient (Wildman–Crippen LogP) is 2.07. The Kier molecular flexibility index (Phi) is 6.89. The van der Waals surface area contributed by atoms with E-state index in [1.165, 1.54) is 19.3 Å². The molecule has 1 aliphatic carbocycles. The third-order valence-electron chi connectivity index (χ3n) is 3.17. The molecule has 1 N–H and O–H groups in total. The zero-order chi connectivity index (χ0) is 12.7. The Bertz CT molecular complexity index is 304. The van der Waals surface area contributed by atoms with Gasteiger partial charge in [-0.1, -0.05) is 20.3 Å². The van der Waals surface area contributed by atoms with Crippen molar-refractivity contribution in [3.05, 3.63) is 0 Å².